The van der Waals surface area contributed by atoms with Crippen LogP contribution < -0.4 is 32.3 Å². The van der Waals surface area contributed by atoms with Crippen LogP contribution in [-0.2, 0) is 28.8 Å². The molecule has 3 atom stereocenters. The third kappa shape index (κ3) is 12.1. The Bertz CT molecular complexity index is 682. The van der Waals surface area contributed by atoms with Gasteiger partial charge in [0.05, 0.1) is 31.8 Å². The lowest BCUT2D eigenvalue weighted by atomic mass is 10.1. The van der Waals surface area contributed by atoms with E-state index in [0.29, 0.717) is 0 Å². The molecule has 0 aromatic rings. The molecule has 0 saturated carbocycles. The van der Waals surface area contributed by atoms with Crippen molar-refractivity contribution < 1.29 is 39.0 Å². The molecule has 31 heavy (non-hydrogen) atoms. The largest absolute Gasteiger partial charge is 0.480 e. The van der Waals surface area contributed by atoms with Crippen LogP contribution in [0.3, 0.4) is 0 Å². The minimum absolute atomic E-state index is 0.124. The van der Waals surface area contributed by atoms with Crippen LogP contribution in [-0.4, -0.2) is 90.1 Å². The number of nitrogens with one attached hydrogen (secondary N) is 5. The third-order valence-corrected chi connectivity index (χ3v) is 3.83. The number of nitrogens with two attached hydrogens (primary N) is 1. The molecule has 0 heterocycles. The van der Waals surface area contributed by atoms with E-state index in [0.717, 1.165) is 0 Å². The van der Waals surface area contributed by atoms with Gasteiger partial charge in [0.1, 0.15) is 12.6 Å². The maximum Gasteiger partial charge on any atom is 0.322 e. The Morgan fingerprint density at radius 2 is 1.19 bits per heavy atom. The normalized spacial score (nSPS) is 13.4. The fourth-order valence-corrected chi connectivity index (χ4v) is 1.97. The summed E-state index contributed by atoms with van der Waals surface area (Å²) in [5.41, 5.74) is 5.63. The zero-order chi connectivity index (χ0) is 24.1. The topological polar surface area (TPSA) is 229 Å². The number of aliphatic carboxylic acids is 1. The Balaban J connectivity index is 4.45. The van der Waals surface area contributed by atoms with Gasteiger partial charge < -0.3 is 42.5 Å². The summed E-state index contributed by atoms with van der Waals surface area (Å²) in [5.74, 6) is -5.07. The molecule has 9 N–H and O–H groups in total. The van der Waals surface area contributed by atoms with Gasteiger partial charge in [0.15, 0.2) is 0 Å². The summed E-state index contributed by atoms with van der Waals surface area (Å²) >= 11 is 0. The molecule has 14 nitrogen and oxygen atoms in total. The van der Waals surface area contributed by atoms with Gasteiger partial charge >= 0.3 is 5.97 Å². The zero-order valence-electron chi connectivity index (χ0n) is 17.6. The standard InChI is InChI=1S/C17H30N6O8/c1-8(2)14(18)16(30)21-4-10(25)19-6-12(27)23-15(9(3)24)17(31)22-5-11(26)20-7-13(28)29/h8-9,14-15,24H,4-7,18H2,1-3H3,(H,19,25)(H,20,26)(H,21,30)(H,22,31)(H,23,27)(H,28,29)/t9-,14+,15+/m1/s1. The summed E-state index contributed by atoms with van der Waals surface area (Å²) in [7, 11) is 0. The highest BCUT2D eigenvalue weighted by molar-refractivity contribution is 5.93. The van der Waals surface area contributed by atoms with Crippen LogP contribution in [0.2, 0.25) is 0 Å². The molecule has 0 spiro atoms. The highest BCUT2D eigenvalue weighted by Crippen LogP contribution is 1.97. The van der Waals surface area contributed by atoms with E-state index in [1.807, 2.05) is 5.32 Å². The SMILES string of the molecule is CC(C)[C@H](N)C(=O)NCC(=O)NCC(=O)N[C@H](C(=O)NCC(=O)NCC(=O)O)[C@@H](C)O. The fraction of sp³-hybridized carbons (Fsp3) is 0.647. The van der Waals surface area contributed by atoms with Gasteiger partial charge in [0.2, 0.25) is 29.5 Å². The van der Waals surface area contributed by atoms with Gasteiger partial charge in [0, 0.05) is 0 Å². The number of rotatable bonds is 13. The van der Waals surface area contributed by atoms with E-state index in [1.165, 1.54) is 6.92 Å². The van der Waals surface area contributed by atoms with Crippen LogP contribution in [0.15, 0.2) is 0 Å². The third-order valence-electron chi connectivity index (χ3n) is 3.83. The van der Waals surface area contributed by atoms with E-state index in [2.05, 4.69) is 21.3 Å². The molecule has 14 heteroatoms. The van der Waals surface area contributed by atoms with Gasteiger partial charge in [-0.3, -0.25) is 28.8 Å². The van der Waals surface area contributed by atoms with Crippen LogP contribution in [0.5, 0.6) is 0 Å². The lowest BCUT2D eigenvalue weighted by molar-refractivity contribution is -0.138. The number of aliphatic hydroxyl groups is 1. The number of hydrogen-bond donors (Lipinski definition) is 8. The Labute approximate surface area is 178 Å². The molecule has 0 fully saturated rings. The minimum atomic E-state index is -1.43. The summed E-state index contributed by atoms with van der Waals surface area (Å²) in [6.45, 7) is 2.56. The maximum absolute atomic E-state index is 12.1. The highest BCUT2D eigenvalue weighted by atomic mass is 16.4. The summed E-state index contributed by atoms with van der Waals surface area (Å²) in [4.78, 5) is 69.2. The van der Waals surface area contributed by atoms with Crippen molar-refractivity contribution in [3.63, 3.8) is 0 Å². The highest BCUT2D eigenvalue weighted by Gasteiger charge is 2.26. The predicted octanol–water partition coefficient (Wildman–Crippen LogP) is -4.62. The average Bonchev–Trinajstić information content (AvgIpc) is 2.69. The molecule has 0 rings (SSSR count). The molecule has 0 aliphatic rings. The van der Waals surface area contributed by atoms with Gasteiger partial charge in [-0.2, -0.15) is 0 Å². The van der Waals surface area contributed by atoms with Gasteiger partial charge in [0.25, 0.3) is 0 Å². The number of carbonyl (C=O) groups excluding carboxylic acids is 5. The molecular weight excluding hydrogens is 416 g/mol. The number of aliphatic hydroxyl groups excluding tert-OH is 1. The van der Waals surface area contributed by atoms with E-state index < -0.39 is 79.9 Å². The molecule has 0 aliphatic heterocycles. The van der Waals surface area contributed by atoms with E-state index in [1.54, 1.807) is 13.8 Å². The van der Waals surface area contributed by atoms with Gasteiger partial charge in [-0.05, 0) is 12.8 Å². The molecule has 176 valence electrons. The molecule has 0 aromatic heterocycles. The number of carboxylic acids is 1. The molecule has 0 aliphatic carbocycles. The Morgan fingerprint density at radius 1 is 0.742 bits per heavy atom. The summed E-state index contributed by atoms with van der Waals surface area (Å²) in [5, 5.41) is 29.1. The lowest BCUT2D eigenvalue weighted by Crippen LogP contribution is -2.55. The second-order valence-corrected chi connectivity index (χ2v) is 6.94. The second kappa shape index (κ2) is 13.9. The van der Waals surface area contributed by atoms with Gasteiger partial charge in [-0.1, -0.05) is 13.8 Å². The monoisotopic (exact) mass is 446 g/mol. The first kappa shape index (κ1) is 27.7. The molecule has 0 saturated heterocycles. The van der Waals surface area contributed by atoms with Crippen molar-refractivity contribution in [1.29, 1.82) is 0 Å². The number of amides is 5. The molecule has 5 amide bonds. The summed E-state index contributed by atoms with van der Waals surface area (Å²) < 4.78 is 0. The van der Waals surface area contributed by atoms with E-state index in [-0.39, 0.29) is 5.92 Å². The van der Waals surface area contributed by atoms with Crippen molar-refractivity contribution in [3.8, 4) is 0 Å². The van der Waals surface area contributed by atoms with E-state index in [4.69, 9.17) is 10.8 Å². The van der Waals surface area contributed by atoms with Gasteiger partial charge in [-0.25, -0.2) is 0 Å². The molecule has 0 unspecified atom stereocenters. The first-order chi connectivity index (χ1) is 14.3. The minimum Gasteiger partial charge on any atom is -0.480 e. The summed E-state index contributed by atoms with van der Waals surface area (Å²) in [6.07, 6.45) is -1.33. The lowest BCUT2D eigenvalue weighted by Gasteiger charge is -2.21. The Kier molecular flexibility index (Phi) is 12.4. The van der Waals surface area contributed by atoms with Crippen LogP contribution in [0, 0.1) is 5.92 Å². The van der Waals surface area contributed by atoms with Gasteiger partial charge in [-0.15, -0.1) is 0 Å². The smallest absolute Gasteiger partial charge is 0.322 e. The van der Waals surface area contributed by atoms with E-state index >= 15 is 0 Å². The molecule has 0 aromatic carbocycles. The predicted molar refractivity (Wildman–Crippen MR) is 106 cm³/mol. The maximum atomic E-state index is 12.1. The quantitative estimate of drug-likeness (QED) is 0.136. The average molecular weight is 446 g/mol. The number of carboxylic acid groups (broad SMARTS) is 1. The van der Waals surface area contributed by atoms with Crippen LogP contribution in [0.4, 0.5) is 0 Å². The molecule has 0 radical (unpaired) electrons. The molecular formula is C17H30N6O8. The van der Waals surface area contributed by atoms with Crippen molar-refractivity contribution in [2.45, 2.75) is 39.0 Å². The number of carbonyl (C=O) groups is 6. The second-order valence-electron chi connectivity index (χ2n) is 6.94. The Hall–Kier alpha value is -3.26. The zero-order valence-corrected chi connectivity index (χ0v) is 17.6. The van der Waals surface area contributed by atoms with Crippen LogP contribution >= 0.6 is 0 Å². The van der Waals surface area contributed by atoms with Crippen molar-refractivity contribution in [2.75, 3.05) is 26.2 Å². The van der Waals surface area contributed by atoms with Crippen molar-refractivity contribution in [2.24, 2.45) is 11.7 Å². The molecule has 0 bridgehead atoms. The van der Waals surface area contributed by atoms with Crippen LogP contribution in [0.25, 0.3) is 0 Å². The Morgan fingerprint density at radius 3 is 1.65 bits per heavy atom. The van der Waals surface area contributed by atoms with Crippen molar-refractivity contribution >= 4 is 35.5 Å². The summed E-state index contributed by atoms with van der Waals surface area (Å²) in [6, 6.07) is -2.21. The first-order valence-electron chi connectivity index (χ1n) is 9.38. The fourth-order valence-electron chi connectivity index (χ4n) is 1.97. The van der Waals surface area contributed by atoms with Crippen molar-refractivity contribution in [1.82, 2.24) is 26.6 Å². The number of hydrogen-bond acceptors (Lipinski definition) is 8. The van der Waals surface area contributed by atoms with Crippen molar-refractivity contribution in [3.05, 3.63) is 0 Å². The van der Waals surface area contributed by atoms with E-state index in [9.17, 15) is 33.9 Å². The first-order valence-corrected chi connectivity index (χ1v) is 9.38. The van der Waals surface area contributed by atoms with Crippen LogP contribution in [0.1, 0.15) is 20.8 Å².